The molecule has 1 aliphatic rings. The number of hydrogen-bond donors (Lipinski definition) is 2. The number of halogens is 1. The minimum absolute atomic E-state index is 0.0871. The second-order valence-electron chi connectivity index (χ2n) is 5.44. The van der Waals surface area contributed by atoms with Gasteiger partial charge in [0, 0.05) is 23.6 Å². The normalized spacial score (nSPS) is 16.9. The molecule has 1 saturated carbocycles. The second-order valence-corrected chi connectivity index (χ2v) is 6.58. The van der Waals surface area contributed by atoms with Crippen LogP contribution in [0.3, 0.4) is 0 Å². The van der Waals surface area contributed by atoms with Crippen LogP contribution in [-0.2, 0) is 4.79 Å². The molecule has 0 aliphatic heterocycles. The third-order valence-electron chi connectivity index (χ3n) is 3.88. The molecule has 0 heterocycles. The molecule has 1 aromatic carbocycles. The van der Waals surface area contributed by atoms with Crippen molar-refractivity contribution >= 4 is 17.7 Å². The number of aliphatic hydroxyl groups excluding tert-OH is 1. The molecule has 1 amide bonds. The van der Waals surface area contributed by atoms with E-state index in [4.69, 9.17) is 0 Å². The minimum atomic E-state index is -0.435. The van der Waals surface area contributed by atoms with Gasteiger partial charge in [0.05, 0.1) is 6.10 Å². The van der Waals surface area contributed by atoms with Gasteiger partial charge in [0.15, 0.2) is 0 Å². The van der Waals surface area contributed by atoms with Gasteiger partial charge in [-0.1, -0.05) is 25.0 Å². The Bertz CT molecular complexity index is 463. The highest BCUT2D eigenvalue weighted by Crippen LogP contribution is 2.27. The maximum Gasteiger partial charge on any atom is 0.220 e. The van der Waals surface area contributed by atoms with Crippen molar-refractivity contribution in [2.75, 3.05) is 12.3 Å². The Morgan fingerprint density at radius 3 is 2.81 bits per heavy atom. The number of thioether (sulfide) groups is 1. The van der Waals surface area contributed by atoms with Gasteiger partial charge in [0.1, 0.15) is 5.82 Å². The molecule has 0 saturated heterocycles. The topological polar surface area (TPSA) is 49.3 Å². The predicted molar refractivity (Wildman–Crippen MR) is 82.7 cm³/mol. The lowest BCUT2D eigenvalue weighted by molar-refractivity contribution is -0.121. The smallest absolute Gasteiger partial charge is 0.220 e. The molecule has 0 aromatic heterocycles. The van der Waals surface area contributed by atoms with Crippen molar-refractivity contribution in [3.05, 3.63) is 30.1 Å². The van der Waals surface area contributed by atoms with Crippen molar-refractivity contribution in [2.45, 2.75) is 43.1 Å². The molecule has 2 rings (SSSR count). The van der Waals surface area contributed by atoms with Crippen LogP contribution in [0.5, 0.6) is 0 Å². The fourth-order valence-corrected chi connectivity index (χ4v) is 3.52. The van der Waals surface area contributed by atoms with E-state index in [0.717, 1.165) is 12.8 Å². The summed E-state index contributed by atoms with van der Waals surface area (Å²) in [6.45, 7) is 0.327. The van der Waals surface area contributed by atoms with Crippen LogP contribution in [0.25, 0.3) is 0 Å². The van der Waals surface area contributed by atoms with Crippen LogP contribution < -0.4 is 5.32 Å². The van der Waals surface area contributed by atoms with Crippen molar-refractivity contribution in [1.29, 1.82) is 0 Å². The van der Waals surface area contributed by atoms with Crippen molar-refractivity contribution in [3.8, 4) is 0 Å². The molecule has 2 N–H and O–H groups in total. The number of rotatable bonds is 7. The highest BCUT2D eigenvalue weighted by atomic mass is 32.2. The van der Waals surface area contributed by atoms with Gasteiger partial charge in [-0.25, -0.2) is 4.39 Å². The summed E-state index contributed by atoms with van der Waals surface area (Å²) >= 11 is 1.34. The molecule has 0 bridgehead atoms. The highest BCUT2D eigenvalue weighted by molar-refractivity contribution is 7.99. The molecule has 1 aliphatic carbocycles. The van der Waals surface area contributed by atoms with Gasteiger partial charge in [-0.05, 0) is 30.9 Å². The van der Waals surface area contributed by atoms with E-state index in [1.165, 1.54) is 30.7 Å². The lowest BCUT2D eigenvalue weighted by Gasteiger charge is -2.18. The van der Waals surface area contributed by atoms with Gasteiger partial charge in [-0.15, -0.1) is 11.8 Å². The maximum atomic E-state index is 13.4. The number of aliphatic hydroxyl groups is 1. The minimum Gasteiger partial charge on any atom is -0.391 e. The molecule has 21 heavy (non-hydrogen) atoms. The number of amides is 1. The first-order valence-corrected chi connectivity index (χ1v) is 8.47. The number of benzene rings is 1. The van der Waals surface area contributed by atoms with Crippen LogP contribution in [-0.4, -0.2) is 29.4 Å². The standard InChI is InChI=1S/C16H22FNO2S/c17-13-7-3-4-8-15(13)21-10-9-16(20)18-11-14(19)12-5-1-2-6-12/h3-4,7-8,12,14,19H,1-2,5-6,9-11H2,(H,18,20). The van der Waals surface area contributed by atoms with E-state index in [1.807, 2.05) is 0 Å². The van der Waals surface area contributed by atoms with E-state index in [-0.39, 0.29) is 11.7 Å². The van der Waals surface area contributed by atoms with Gasteiger partial charge >= 0.3 is 0 Å². The Morgan fingerprint density at radius 1 is 1.38 bits per heavy atom. The number of hydrogen-bond acceptors (Lipinski definition) is 3. The van der Waals surface area contributed by atoms with Gasteiger partial charge in [0.2, 0.25) is 5.91 Å². The molecule has 116 valence electrons. The molecular weight excluding hydrogens is 289 g/mol. The first kappa shape index (κ1) is 16.3. The predicted octanol–water partition coefficient (Wildman–Crippen LogP) is 2.98. The van der Waals surface area contributed by atoms with Crippen molar-refractivity contribution in [2.24, 2.45) is 5.92 Å². The summed E-state index contributed by atoms with van der Waals surface area (Å²) in [6.07, 6.45) is 4.36. The molecule has 0 spiro atoms. The maximum absolute atomic E-state index is 13.4. The lowest BCUT2D eigenvalue weighted by Crippen LogP contribution is -2.35. The van der Waals surface area contributed by atoms with Gasteiger partial charge in [0.25, 0.3) is 0 Å². The van der Waals surface area contributed by atoms with E-state index >= 15 is 0 Å². The highest BCUT2D eigenvalue weighted by Gasteiger charge is 2.23. The number of nitrogens with one attached hydrogen (secondary N) is 1. The second kappa shape index (κ2) is 8.39. The SMILES string of the molecule is O=C(CCSc1ccccc1F)NCC(O)C1CCCC1. The summed E-state index contributed by atoms with van der Waals surface area (Å²) in [5, 5.41) is 12.7. The Morgan fingerprint density at radius 2 is 2.10 bits per heavy atom. The Balaban J connectivity index is 1.62. The van der Waals surface area contributed by atoms with Crippen LogP contribution in [0.4, 0.5) is 4.39 Å². The largest absolute Gasteiger partial charge is 0.391 e. The third-order valence-corrected chi connectivity index (χ3v) is 4.93. The summed E-state index contributed by atoms with van der Waals surface area (Å²) < 4.78 is 13.4. The van der Waals surface area contributed by atoms with Crippen LogP contribution in [0.2, 0.25) is 0 Å². The van der Waals surface area contributed by atoms with E-state index in [0.29, 0.717) is 29.5 Å². The van der Waals surface area contributed by atoms with Gasteiger partial charge in [-0.2, -0.15) is 0 Å². The van der Waals surface area contributed by atoms with E-state index in [2.05, 4.69) is 5.32 Å². The molecule has 1 aromatic rings. The molecule has 1 atom stereocenters. The summed E-state index contributed by atoms with van der Waals surface area (Å²) in [4.78, 5) is 12.3. The van der Waals surface area contributed by atoms with Crippen molar-refractivity contribution in [3.63, 3.8) is 0 Å². The zero-order valence-corrected chi connectivity index (χ0v) is 12.9. The van der Waals surface area contributed by atoms with Crippen molar-refractivity contribution < 1.29 is 14.3 Å². The van der Waals surface area contributed by atoms with Crippen LogP contribution in [0.1, 0.15) is 32.1 Å². The quantitative estimate of drug-likeness (QED) is 0.761. The van der Waals surface area contributed by atoms with Gasteiger partial charge < -0.3 is 10.4 Å². The van der Waals surface area contributed by atoms with Crippen LogP contribution in [0, 0.1) is 11.7 Å². The first-order valence-electron chi connectivity index (χ1n) is 7.49. The number of carbonyl (C=O) groups excluding carboxylic acids is 1. The summed E-state index contributed by atoms with van der Waals surface area (Å²) in [5.41, 5.74) is 0. The first-order chi connectivity index (χ1) is 10.2. The molecule has 1 fully saturated rings. The van der Waals surface area contributed by atoms with Crippen LogP contribution >= 0.6 is 11.8 Å². The Labute approximate surface area is 129 Å². The molecule has 1 unspecified atom stereocenters. The fraction of sp³-hybridized carbons (Fsp3) is 0.562. The molecular formula is C16H22FNO2S. The third kappa shape index (κ3) is 5.32. The molecule has 5 heteroatoms. The molecule has 0 radical (unpaired) electrons. The summed E-state index contributed by atoms with van der Waals surface area (Å²) in [7, 11) is 0. The number of carbonyl (C=O) groups is 1. The lowest BCUT2D eigenvalue weighted by atomic mass is 10.0. The van der Waals surface area contributed by atoms with Crippen molar-refractivity contribution in [1.82, 2.24) is 5.32 Å². The summed E-state index contributed by atoms with van der Waals surface area (Å²) in [6, 6.07) is 6.56. The van der Waals surface area contributed by atoms with E-state index in [1.54, 1.807) is 18.2 Å². The van der Waals surface area contributed by atoms with Gasteiger partial charge in [-0.3, -0.25) is 4.79 Å². The van der Waals surface area contributed by atoms with Crippen LogP contribution in [0.15, 0.2) is 29.2 Å². The summed E-state index contributed by atoms with van der Waals surface area (Å²) in [5.74, 6) is 0.528. The monoisotopic (exact) mass is 311 g/mol. The zero-order valence-electron chi connectivity index (χ0n) is 12.1. The Hall–Kier alpha value is -1.07. The average Bonchev–Trinajstić information content (AvgIpc) is 3.01. The Kier molecular flexibility index (Phi) is 6.51. The van der Waals surface area contributed by atoms with E-state index < -0.39 is 6.10 Å². The fourth-order valence-electron chi connectivity index (χ4n) is 2.63. The average molecular weight is 311 g/mol. The zero-order chi connectivity index (χ0) is 15.1. The van der Waals surface area contributed by atoms with E-state index in [9.17, 15) is 14.3 Å². The molecule has 3 nitrogen and oxygen atoms in total.